The van der Waals surface area contributed by atoms with Gasteiger partial charge in [0.05, 0.1) is 38.6 Å². The van der Waals surface area contributed by atoms with Crippen molar-refractivity contribution in [2.24, 2.45) is 0 Å². The summed E-state index contributed by atoms with van der Waals surface area (Å²) in [7, 11) is 0. The van der Waals surface area contributed by atoms with Gasteiger partial charge in [0.15, 0.2) is 18.9 Å². The van der Waals surface area contributed by atoms with Crippen LogP contribution in [0.2, 0.25) is 0 Å². The number of carbonyl (C=O) groups is 1. The van der Waals surface area contributed by atoms with Crippen molar-refractivity contribution in [1.29, 1.82) is 0 Å². The van der Waals surface area contributed by atoms with Gasteiger partial charge in [0, 0.05) is 6.42 Å². The Balaban J connectivity index is 1.34. The number of rotatable bonds is 70. The molecule has 0 aromatic heterocycles. The fourth-order valence-electron chi connectivity index (χ4n) is 14.8. The number of aliphatic hydroxyl groups excluding tert-OH is 11. The molecule has 3 aliphatic rings. The molecular formula is C85H159NO18. The Morgan fingerprint density at radius 3 is 0.990 bits per heavy atom. The first-order chi connectivity index (χ1) is 50.8. The van der Waals surface area contributed by atoms with Crippen LogP contribution in [0.3, 0.4) is 0 Å². The molecule has 612 valence electrons. The molecule has 0 saturated carbocycles. The molecule has 0 bridgehead atoms. The number of hydrogen-bond donors (Lipinski definition) is 12. The van der Waals surface area contributed by atoms with Crippen LogP contribution in [0.1, 0.15) is 367 Å². The van der Waals surface area contributed by atoms with Gasteiger partial charge in [0.25, 0.3) is 0 Å². The van der Waals surface area contributed by atoms with Gasteiger partial charge < -0.3 is 89.9 Å². The highest BCUT2D eigenvalue weighted by Gasteiger charge is 2.54. The van der Waals surface area contributed by atoms with E-state index in [1.807, 2.05) is 0 Å². The van der Waals surface area contributed by atoms with E-state index in [1.54, 1.807) is 0 Å². The largest absolute Gasteiger partial charge is 0.394 e. The van der Waals surface area contributed by atoms with Gasteiger partial charge in [-0.3, -0.25) is 4.79 Å². The van der Waals surface area contributed by atoms with Crippen molar-refractivity contribution in [3.63, 3.8) is 0 Å². The van der Waals surface area contributed by atoms with E-state index in [-0.39, 0.29) is 18.9 Å². The maximum Gasteiger partial charge on any atom is 0.220 e. The minimum atomic E-state index is -1.97. The highest BCUT2D eigenvalue weighted by atomic mass is 16.8. The summed E-state index contributed by atoms with van der Waals surface area (Å²) in [6.07, 6.45) is 55.2. The molecule has 0 spiro atoms. The number of hydrogen-bond acceptors (Lipinski definition) is 18. The standard InChI is InChI=1S/C85H159NO18/c1-3-5-7-9-11-13-15-17-19-21-23-25-27-29-31-33-35-36-38-40-42-44-46-48-50-52-54-56-58-60-62-69(90)68(86-73(91)63-61-59-57-55-53-51-49-47-45-43-41-39-37-34-32-30-28-26-24-22-20-18-16-14-12-10-8-6-4-2)67-99-83-79(97)76(94)81(71(65-88)101-83)104-85-80(98)77(95)82(72(66-89)102-85)103-84-78(96)75(93)74(92)70(64-87)100-84/h16,18,22,24,28,30,68-72,74-85,87-90,92-98H,3-15,17,19-21,23,25-27,29,31-67H2,1-2H3,(H,86,91)/b18-16-,24-22-,30-28-. The van der Waals surface area contributed by atoms with Crippen molar-refractivity contribution < 1.29 is 89.4 Å². The Bertz CT molecular complexity index is 2020. The molecule has 0 aliphatic carbocycles. The van der Waals surface area contributed by atoms with E-state index in [0.717, 1.165) is 57.8 Å². The van der Waals surface area contributed by atoms with E-state index >= 15 is 0 Å². The normalized spacial score (nSPS) is 26.0. The molecule has 3 fully saturated rings. The molecule has 3 aliphatic heterocycles. The molecule has 1 amide bonds. The van der Waals surface area contributed by atoms with E-state index in [9.17, 15) is 61.0 Å². The highest BCUT2D eigenvalue weighted by Crippen LogP contribution is 2.34. The van der Waals surface area contributed by atoms with Crippen LogP contribution < -0.4 is 5.32 Å². The average Bonchev–Trinajstić information content (AvgIpc) is 0.781. The first-order valence-corrected chi connectivity index (χ1v) is 43.2. The second kappa shape index (κ2) is 65.7. The Labute approximate surface area is 631 Å². The Morgan fingerprint density at radius 1 is 0.346 bits per heavy atom. The van der Waals surface area contributed by atoms with Crippen molar-refractivity contribution in [2.75, 3.05) is 26.4 Å². The maximum atomic E-state index is 13.5. The molecule has 17 unspecified atom stereocenters. The van der Waals surface area contributed by atoms with Crippen LogP contribution in [0.4, 0.5) is 0 Å². The molecular weight excluding hydrogens is 1320 g/mol. The third kappa shape index (κ3) is 44.8. The summed E-state index contributed by atoms with van der Waals surface area (Å²) in [6, 6.07) is -0.890. The van der Waals surface area contributed by atoms with E-state index in [0.29, 0.717) is 12.8 Å². The lowest BCUT2D eigenvalue weighted by molar-refractivity contribution is -0.379. The zero-order chi connectivity index (χ0) is 75.3. The predicted molar refractivity (Wildman–Crippen MR) is 416 cm³/mol. The molecule has 3 saturated heterocycles. The zero-order valence-corrected chi connectivity index (χ0v) is 65.8. The molecule has 17 atom stereocenters. The van der Waals surface area contributed by atoms with E-state index < -0.39 is 124 Å². The van der Waals surface area contributed by atoms with Crippen molar-refractivity contribution in [2.45, 2.75) is 471 Å². The van der Waals surface area contributed by atoms with Gasteiger partial charge in [0.2, 0.25) is 5.91 Å². The Hall–Kier alpha value is -1.99. The van der Waals surface area contributed by atoms with Crippen LogP contribution in [-0.2, 0) is 33.2 Å². The first-order valence-electron chi connectivity index (χ1n) is 43.2. The summed E-state index contributed by atoms with van der Waals surface area (Å²) in [5.41, 5.74) is 0. The maximum absolute atomic E-state index is 13.5. The quantitative estimate of drug-likeness (QED) is 0.0199. The van der Waals surface area contributed by atoms with Crippen LogP contribution in [-0.4, -0.2) is 193 Å². The van der Waals surface area contributed by atoms with Gasteiger partial charge in [-0.2, -0.15) is 0 Å². The topological polar surface area (TPSA) is 307 Å². The zero-order valence-electron chi connectivity index (χ0n) is 65.8. The number of unbranched alkanes of at least 4 members (excludes halogenated alkanes) is 48. The van der Waals surface area contributed by atoms with Crippen LogP contribution in [0.25, 0.3) is 0 Å². The number of carbonyl (C=O) groups excluding carboxylic acids is 1. The smallest absolute Gasteiger partial charge is 0.220 e. The van der Waals surface area contributed by atoms with E-state index in [4.69, 9.17) is 28.4 Å². The fraction of sp³-hybridized carbons (Fsp3) is 0.918. The van der Waals surface area contributed by atoms with E-state index in [2.05, 4.69) is 55.6 Å². The van der Waals surface area contributed by atoms with Crippen molar-refractivity contribution in [3.05, 3.63) is 36.5 Å². The van der Waals surface area contributed by atoms with Gasteiger partial charge in [-0.25, -0.2) is 0 Å². The second-order valence-corrected chi connectivity index (χ2v) is 31.0. The van der Waals surface area contributed by atoms with Crippen LogP contribution in [0.5, 0.6) is 0 Å². The van der Waals surface area contributed by atoms with Gasteiger partial charge in [-0.05, 0) is 51.4 Å². The summed E-state index contributed by atoms with van der Waals surface area (Å²) in [5, 5.41) is 121. The fourth-order valence-corrected chi connectivity index (χ4v) is 14.8. The summed E-state index contributed by atoms with van der Waals surface area (Å²) in [4.78, 5) is 13.5. The molecule has 19 nitrogen and oxygen atoms in total. The SMILES string of the molecule is CCCCCCC/C=C\C/C=C\C/C=C\CCCCCCCCCCCCCCCCC(=O)NC(COC1OC(CO)C(OC2OC(CO)C(OC3OC(CO)C(O)C(O)C3O)C(O)C2O)C(O)C1O)C(O)CCCCCCCCCCCCCCCCCCCCCCCCCCCCCCCC. The monoisotopic (exact) mass is 1480 g/mol. The second-order valence-electron chi connectivity index (χ2n) is 31.0. The summed E-state index contributed by atoms with van der Waals surface area (Å²) in [6.45, 7) is 1.85. The Morgan fingerprint density at radius 2 is 0.635 bits per heavy atom. The van der Waals surface area contributed by atoms with Gasteiger partial charge in [-0.1, -0.05) is 346 Å². The van der Waals surface area contributed by atoms with Crippen LogP contribution in [0, 0.1) is 0 Å². The lowest BCUT2D eigenvalue weighted by atomic mass is 9.96. The third-order valence-electron chi connectivity index (χ3n) is 21.7. The molecule has 3 heterocycles. The number of ether oxygens (including phenoxy) is 6. The van der Waals surface area contributed by atoms with Gasteiger partial charge in [-0.15, -0.1) is 0 Å². The van der Waals surface area contributed by atoms with E-state index in [1.165, 1.54) is 276 Å². The van der Waals surface area contributed by atoms with Crippen molar-refractivity contribution in [1.82, 2.24) is 5.32 Å². The van der Waals surface area contributed by atoms with Gasteiger partial charge >= 0.3 is 0 Å². The highest BCUT2D eigenvalue weighted by molar-refractivity contribution is 5.76. The summed E-state index contributed by atoms with van der Waals surface area (Å²) < 4.78 is 34.6. The molecule has 0 radical (unpaired) electrons. The minimum Gasteiger partial charge on any atom is -0.394 e. The van der Waals surface area contributed by atoms with Crippen LogP contribution in [0.15, 0.2) is 36.5 Å². The predicted octanol–water partition coefficient (Wildman–Crippen LogP) is 15.5. The molecule has 0 aromatic rings. The van der Waals surface area contributed by atoms with Crippen molar-refractivity contribution >= 4 is 5.91 Å². The first kappa shape index (κ1) is 96.2. The molecule has 19 heteroatoms. The number of nitrogens with one attached hydrogen (secondary N) is 1. The molecule has 104 heavy (non-hydrogen) atoms. The Kier molecular flexibility index (Phi) is 60.8. The van der Waals surface area contributed by atoms with Crippen LogP contribution >= 0.6 is 0 Å². The number of amides is 1. The third-order valence-corrected chi connectivity index (χ3v) is 21.7. The molecule has 12 N–H and O–H groups in total. The summed E-state index contributed by atoms with van der Waals surface area (Å²) >= 11 is 0. The molecule has 3 rings (SSSR count). The van der Waals surface area contributed by atoms with Crippen molar-refractivity contribution in [3.8, 4) is 0 Å². The lowest BCUT2D eigenvalue weighted by Gasteiger charge is -2.48. The average molecular weight is 1480 g/mol. The molecule has 0 aromatic carbocycles. The lowest BCUT2D eigenvalue weighted by Crippen LogP contribution is -2.66. The number of allylic oxidation sites excluding steroid dienone is 6. The van der Waals surface area contributed by atoms with Gasteiger partial charge in [0.1, 0.15) is 73.2 Å². The summed E-state index contributed by atoms with van der Waals surface area (Å²) in [5.74, 6) is -0.238. The minimum absolute atomic E-state index is 0.238. The number of aliphatic hydroxyl groups is 11.